The number of carbonyl (C=O) groups is 5. The molecule has 0 bridgehead atoms. The van der Waals surface area contributed by atoms with E-state index in [-0.39, 0.29) is 54.8 Å². The van der Waals surface area contributed by atoms with Crippen LogP contribution >= 0.6 is 0 Å². The SMILES string of the molecule is CO.C[Si](C)(C)CCOC(=O)N[C@H]1CC[C@@H]2CCN(C(=O)[C@@H](N)C3CCCCC3)[C@@H]21.C[Si](C)(C)CCOC(=O)N[C@H]1CC[C@@H]2CCN[C@@H]21.O=C(N[C@H](C(=O)O)C1CCCCC1)OCc1ccccc1. The summed E-state index contributed by atoms with van der Waals surface area (Å²) in [5.74, 6) is 0.672. The third-order valence-electron chi connectivity index (χ3n) is 14.9. The van der Waals surface area contributed by atoms with Crippen molar-refractivity contribution in [2.75, 3.05) is 33.4 Å². The zero-order valence-corrected chi connectivity index (χ0v) is 45.1. The minimum absolute atomic E-state index is 0.000486. The number of fused-ring (bicyclic) bond motifs is 2. The van der Waals surface area contributed by atoms with Crippen molar-refractivity contribution in [2.24, 2.45) is 29.4 Å². The number of alkyl carbamates (subject to hydrolysis) is 3. The van der Waals surface area contributed by atoms with Gasteiger partial charge < -0.3 is 56.3 Å². The molecule has 4 aliphatic carbocycles. The van der Waals surface area contributed by atoms with Crippen LogP contribution in [0.15, 0.2) is 30.3 Å². The summed E-state index contributed by atoms with van der Waals surface area (Å²) in [6, 6.07) is 10.9. The molecule has 2 saturated heterocycles. The van der Waals surface area contributed by atoms with E-state index < -0.39 is 34.3 Å². The molecule has 0 radical (unpaired) electrons. The summed E-state index contributed by atoms with van der Waals surface area (Å²) in [6.45, 7) is 16.7. The lowest BCUT2D eigenvalue weighted by molar-refractivity contribution is -0.141. The minimum Gasteiger partial charge on any atom is -0.480 e. The molecule has 4 amide bonds. The van der Waals surface area contributed by atoms with Crippen LogP contribution in [0.5, 0.6) is 0 Å². The Morgan fingerprint density at radius 2 is 1.22 bits per heavy atom. The first kappa shape index (κ1) is 57.9. The third kappa shape index (κ3) is 19.8. The molecule has 0 spiro atoms. The van der Waals surface area contributed by atoms with Crippen molar-refractivity contribution in [3.05, 3.63) is 35.9 Å². The monoisotopic (exact) mass is 1000 g/mol. The molecule has 0 unspecified atom stereocenters. The number of carbonyl (C=O) groups excluding carboxylic acids is 4. The van der Waals surface area contributed by atoms with E-state index in [9.17, 15) is 29.1 Å². The van der Waals surface area contributed by atoms with E-state index in [2.05, 4.69) is 60.5 Å². The molecule has 1 aromatic carbocycles. The van der Waals surface area contributed by atoms with Crippen molar-refractivity contribution < 1.29 is 48.4 Å². The lowest BCUT2D eigenvalue weighted by Crippen LogP contribution is -2.55. The van der Waals surface area contributed by atoms with Crippen LogP contribution in [0.2, 0.25) is 51.4 Å². The molecule has 392 valence electrons. The fourth-order valence-corrected chi connectivity index (χ4v) is 12.4. The first-order valence-electron chi connectivity index (χ1n) is 26.2. The highest BCUT2D eigenvalue weighted by molar-refractivity contribution is 6.76. The Balaban J connectivity index is 0.000000227. The molecular formula is C51H90N6O10Si2. The molecule has 18 heteroatoms. The molecule has 69 heavy (non-hydrogen) atoms. The number of amides is 4. The summed E-state index contributed by atoms with van der Waals surface area (Å²) in [7, 11) is -1.32. The van der Waals surface area contributed by atoms with Gasteiger partial charge in [0.1, 0.15) is 12.6 Å². The summed E-state index contributed by atoms with van der Waals surface area (Å²) in [6.07, 6.45) is 16.0. The summed E-state index contributed by atoms with van der Waals surface area (Å²) in [5, 5.41) is 28.4. The largest absolute Gasteiger partial charge is 0.480 e. The highest BCUT2D eigenvalue weighted by atomic mass is 28.3. The van der Waals surface area contributed by atoms with Crippen LogP contribution in [0.25, 0.3) is 0 Å². The van der Waals surface area contributed by atoms with Crippen LogP contribution in [0.3, 0.4) is 0 Å². The fourth-order valence-electron chi connectivity index (χ4n) is 10.9. The van der Waals surface area contributed by atoms with E-state index in [1.54, 1.807) is 0 Å². The average molecular weight is 1000 g/mol. The van der Waals surface area contributed by atoms with E-state index in [0.29, 0.717) is 31.1 Å². The molecule has 4 saturated carbocycles. The van der Waals surface area contributed by atoms with E-state index in [1.807, 2.05) is 35.2 Å². The maximum atomic E-state index is 13.2. The molecule has 6 aliphatic rings. The summed E-state index contributed by atoms with van der Waals surface area (Å²) >= 11 is 0. The standard InChI is InChI=1S/C21H39N3O3Si.C16H21NO4.C13H26N2O2Si.CH4O/c1-28(2,3)14-13-27-21(26)23-17-10-9-16-11-12-24(19(16)17)20(25)18(22)15-7-5-4-6-8-15;18-15(19)14(13-9-5-2-6-10-13)17-16(20)21-11-12-7-3-1-4-8-12;1-18(2,3)9-8-17-13(16)15-11-5-4-10-6-7-14-12(10)11;1-2/h15-19H,4-14,22H2,1-3H3,(H,23,26);1,3-4,7-8,13-14H,2,5-6,9-11H2,(H,17,20)(H,18,19);10-12,14H,4-9H2,1-3H3,(H,15,16);2H,1H3/t16-,17+,18+,19+;14-;10-,11+,12+;/m101./s1. The molecule has 2 heterocycles. The number of ether oxygens (including phenoxy) is 3. The molecule has 1 aromatic rings. The van der Waals surface area contributed by atoms with Gasteiger partial charge in [-0.05, 0) is 112 Å². The predicted molar refractivity (Wildman–Crippen MR) is 275 cm³/mol. The molecule has 0 aromatic heterocycles. The number of nitrogens with two attached hydrogens (primary N) is 1. The third-order valence-corrected chi connectivity index (χ3v) is 18.3. The normalized spacial score (nSPS) is 25.3. The Morgan fingerprint density at radius 3 is 1.78 bits per heavy atom. The average Bonchev–Trinajstić information content (AvgIpc) is 4.14. The van der Waals surface area contributed by atoms with Gasteiger partial charge in [0, 0.05) is 41.9 Å². The Kier molecular flexibility index (Phi) is 24.3. The number of aliphatic carboxylic acids is 1. The van der Waals surface area contributed by atoms with Crippen molar-refractivity contribution in [3.8, 4) is 0 Å². The van der Waals surface area contributed by atoms with Gasteiger partial charge in [0.25, 0.3) is 0 Å². The van der Waals surface area contributed by atoms with E-state index in [0.717, 1.165) is 114 Å². The van der Waals surface area contributed by atoms with Gasteiger partial charge in [-0.2, -0.15) is 0 Å². The molecular weight excluding hydrogens is 913 g/mol. The van der Waals surface area contributed by atoms with Gasteiger partial charge in [-0.3, -0.25) is 4.79 Å². The van der Waals surface area contributed by atoms with Crippen LogP contribution in [-0.2, 0) is 30.4 Å². The molecule has 6 fully saturated rings. The number of aliphatic hydroxyl groups is 1. The van der Waals surface area contributed by atoms with E-state index >= 15 is 0 Å². The van der Waals surface area contributed by atoms with Gasteiger partial charge in [0.15, 0.2) is 0 Å². The number of nitrogens with one attached hydrogen (secondary N) is 4. The molecule has 7 rings (SSSR count). The number of rotatable bonds is 15. The maximum absolute atomic E-state index is 13.2. The van der Waals surface area contributed by atoms with Gasteiger partial charge in [-0.1, -0.05) is 108 Å². The molecule has 8 atom stereocenters. The number of nitrogens with zero attached hydrogens (tertiary/aromatic N) is 1. The number of benzene rings is 1. The van der Waals surface area contributed by atoms with Crippen LogP contribution in [0.1, 0.15) is 108 Å². The number of carboxylic acids is 1. The molecule has 2 aliphatic heterocycles. The Morgan fingerprint density at radius 1 is 0.681 bits per heavy atom. The van der Waals surface area contributed by atoms with Crippen molar-refractivity contribution in [3.63, 3.8) is 0 Å². The van der Waals surface area contributed by atoms with E-state index in [4.69, 9.17) is 25.1 Å². The summed E-state index contributed by atoms with van der Waals surface area (Å²) in [5.41, 5.74) is 7.28. The van der Waals surface area contributed by atoms with Crippen molar-refractivity contribution in [2.45, 2.75) is 197 Å². The maximum Gasteiger partial charge on any atom is 0.408 e. The Hall–Kier alpha value is -3.72. The number of hydrogen-bond donors (Lipinski definition) is 7. The van der Waals surface area contributed by atoms with Crippen molar-refractivity contribution in [1.82, 2.24) is 26.2 Å². The van der Waals surface area contributed by atoms with Gasteiger partial charge in [-0.15, -0.1) is 0 Å². The van der Waals surface area contributed by atoms with Gasteiger partial charge in [0.2, 0.25) is 5.91 Å². The van der Waals surface area contributed by atoms with Crippen LogP contribution < -0.4 is 27.0 Å². The number of hydrogen-bond acceptors (Lipinski definition) is 11. The number of likely N-dealkylation sites (tertiary alicyclic amines) is 1. The van der Waals surface area contributed by atoms with Crippen molar-refractivity contribution in [1.29, 1.82) is 0 Å². The zero-order chi connectivity index (χ0) is 50.6. The Bertz CT molecular complexity index is 1720. The first-order chi connectivity index (χ1) is 32.9. The van der Waals surface area contributed by atoms with Gasteiger partial charge >= 0.3 is 24.2 Å². The van der Waals surface area contributed by atoms with E-state index in [1.165, 1.54) is 32.1 Å². The first-order valence-corrected chi connectivity index (χ1v) is 33.6. The minimum atomic E-state index is -1.22. The lowest BCUT2D eigenvalue weighted by Gasteiger charge is -2.34. The zero-order valence-electron chi connectivity index (χ0n) is 43.1. The van der Waals surface area contributed by atoms with Crippen molar-refractivity contribution >= 4 is 46.3 Å². The number of aliphatic hydroxyl groups excluding tert-OH is 1. The number of carboxylic acid groups (broad SMARTS) is 1. The second-order valence-electron chi connectivity index (χ2n) is 22.5. The smallest absolute Gasteiger partial charge is 0.408 e. The molecule has 16 nitrogen and oxygen atoms in total. The second-order valence-corrected chi connectivity index (χ2v) is 33.7. The highest BCUT2D eigenvalue weighted by Gasteiger charge is 2.48. The Labute approximate surface area is 415 Å². The second kappa shape index (κ2) is 29.0. The quantitative estimate of drug-likeness (QED) is 0.0653. The fraction of sp³-hybridized carbons (Fsp3) is 0.784. The van der Waals surface area contributed by atoms with Crippen LogP contribution in [0.4, 0.5) is 14.4 Å². The lowest BCUT2D eigenvalue weighted by atomic mass is 9.83. The van der Waals surface area contributed by atoms with Crippen LogP contribution in [-0.4, -0.2) is 131 Å². The van der Waals surface area contributed by atoms with Gasteiger partial charge in [0.05, 0.1) is 31.3 Å². The van der Waals surface area contributed by atoms with Gasteiger partial charge in [-0.25, -0.2) is 19.2 Å². The summed E-state index contributed by atoms with van der Waals surface area (Å²) < 4.78 is 15.8. The van der Waals surface area contributed by atoms with Crippen LogP contribution in [0, 0.1) is 23.7 Å². The highest BCUT2D eigenvalue weighted by Crippen LogP contribution is 2.39. The topological polar surface area (TPSA) is 231 Å². The molecule has 8 N–H and O–H groups in total. The predicted octanol–water partition coefficient (Wildman–Crippen LogP) is 8.08. The summed E-state index contributed by atoms with van der Waals surface area (Å²) in [4.78, 5) is 62.3.